The van der Waals surface area contributed by atoms with E-state index in [1.807, 2.05) is 12.1 Å². The van der Waals surface area contributed by atoms with Gasteiger partial charge in [-0.25, -0.2) is 0 Å². The predicted molar refractivity (Wildman–Crippen MR) is 80.3 cm³/mol. The molecule has 0 radical (unpaired) electrons. The fourth-order valence-corrected chi connectivity index (χ4v) is 3.16. The van der Waals surface area contributed by atoms with Crippen LogP contribution in [-0.4, -0.2) is 23.4 Å². The lowest BCUT2D eigenvalue weighted by Gasteiger charge is -2.22. The molecule has 1 unspecified atom stereocenters. The average molecular weight is 299 g/mol. The molecule has 2 N–H and O–H groups in total. The number of hydrogen-bond acceptors (Lipinski definition) is 3. The molecule has 1 atom stereocenters. The number of nitrogens with zero attached hydrogens (tertiary/aromatic N) is 1. The highest BCUT2D eigenvalue weighted by Gasteiger charge is 2.30. The molecular weight excluding hydrogens is 280 g/mol. The number of nitrogens with two attached hydrogens (primary N) is 1. The van der Waals surface area contributed by atoms with Crippen LogP contribution >= 0.6 is 22.9 Å². The minimum atomic E-state index is 0.00624. The molecule has 104 valence electrons. The normalized spacial score (nSPS) is 16.1. The Kier molecular flexibility index (Phi) is 5.02. The van der Waals surface area contributed by atoms with Gasteiger partial charge in [-0.2, -0.15) is 0 Å². The number of thiophene rings is 1. The highest BCUT2D eigenvalue weighted by Crippen LogP contribution is 2.33. The van der Waals surface area contributed by atoms with E-state index < -0.39 is 0 Å². The van der Waals surface area contributed by atoms with E-state index in [-0.39, 0.29) is 11.9 Å². The molecule has 1 aliphatic carbocycles. The number of hydrogen-bond donors (Lipinski definition) is 1. The Morgan fingerprint density at radius 2 is 2.37 bits per heavy atom. The Hall–Kier alpha value is -0.840. The van der Waals surface area contributed by atoms with Crippen LogP contribution in [0.1, 0.15) is 24.1 Å². The smallest absolute Gasteiger partial charge is 0.224 e. The van der Waals surface area contributed by atoms with Gasteiger partial charge in [0.05, 0.1) is 10.9 Å². The zero-order valence-electron chi connectivity index (χ0n) is 10.8. The maximum absolute atomic E-state index is 12.3. The van der Waals surface area contributed by atoms with Crippen molar-refractivity contribution >= 4 is 28.8 Å². The van der Waals surface area contributed by atoms with Gasteiger partial charge in [-0.3, -0.25) is 4.79 Å². The van der Waals surface area contributed by atoms with Crippen molar-refractivity contribution in [3.05, 3.63) is 34.0 Å². The number of halogens is 1. The quantitative estimate of drug-likeness (QED) is 0.787. The third-order valence-electron chi connectivity index (χ3n) is 3.32. The van der Waals surface area contributed by atoms with Gasteiger partial charge >= 0.3 is 0 Å². The summed E-state index contributed by atoms with van der Waals surface area (Å²) in [5.41, 5.74) is 6.02. The minimum absolute atomic E-state index is 0.00624. The summed E-state index contributed by atoms with van der Waals surface area (Å²) in [6, 6.07) is 3.82. The van der Waals surface area contributed by atoms with E-state index in [1.165, 1.54) is 11.3 Å². The second-order valence-corrected chi connectivity index (χ2v) is 6.77. The van der Waals surface area contributed by atoms with E-state index >= 15 is 0 Å². The van der Waals surface area contributed by atoms with Gasteiger partial charge in [-0.15, -0.1) is 17.9 Å². The fraction of sp³-hybridized carbons (Fsp3) is 0.500. The van der Waals surface area contributed by atoms with E-state index in [9.17, 15) is 4.79 Å². The van der Waals surface area contributed by atoms with Crippen molar-refractivity contribution in [2.75, 3.05) is 6.54 Å². The van der Waals surface area contributed by atoms with E-state index in [1.54, 1.807) is 11.0 Å². The molecule has 0 saturated heterocycles. The molecular formula is C14H19ClN2OS. The first-order valence-corrected chi connectivity index (χ1v) is 7.68. The van der Waals surface area contributed by atoms with Gasteiger partial charge in [0, 0.05) is 23.9 Å². The first-order chi connectivity index (χ1) is 9.10. The summed E-state index contributed by atoms with van der Waals surface area (Å²) < 4.78 is 0.746. The van der Waals surface area contributed by atoms with Crippen molar-refractivity contribution in [1.29, 1.82) is 0 Å². The molecule has 1 saturated carbocycles. The Labute approximate surface area is 123 Å². The molecule has 0 aromatic carbocycles. The Bertz CT molecular complexity index is 456. The molecule has 2 rings (SSSR count). The van der Waals surface area contributed by atoms with Crippen molar-refractivity contribution in [3.8, 4) is 0 Å². The van der Waals surface area contributed by atoms with Crippen molar-refractivity contribution in [3.63, 3.8) is 0 Å². The standard InChI is InChI=1S/C14H19ClN2OS/c1-2-7-17(9-11-5-6-13(15)19-11)14(18)8-12(16)10-3-4-10/h2,5-6,10,12H,1,3-4,7-9,16H2. The topological polar surface area (TPSA) is 46.3 Å². The summed E-state index contributed by atoms with van der Waals surface area (Å²) in [5, 5.41) is 0. The average Bonchev–Trinajstić information content (AvgIpc) is 3.13. The van der Waals surface area contributed by atoms with Crippen molar-refractivity contribution in [2.45, 2.75) is 31.8 Å². The van der Waals surface area contributed by atoms with Gasteiger partial charge in [0.15, 0.2) is 0 Å². The lowest BCUT2D eigenvalue weighted by atomic mass is 10.1. The Balaban J connectivity index is 1.93. The third kappa shape index (κ3) is 4.34. The highest BCUT2D eigenvalue weighted by molar-refractivity contribution is 7.16. The predicted octanol–water partition coefficient (Wildman–Crippen LogP) is 3.04. The molecule has 1 fully saturated rings. The monoisotopic (exact) mass is 298 g/mol. The SMILES string of the molecule is C=CCN(Cc1ccc(Cl)s1)C(=O)CC(N)C1CC1. The molecule has 1 aromatic rings. The fourth-order valence-electron chi connectivity index (χ4n) is 2.06. The van der Waals surface area contributed by atoms with Crippen molar-refractivity contribution in [2.24, 2.45) is 11.7 Å². The lowest BCUT2D eigenvalue weighted by molar-refractivity contribution is -0.131. The van der Waals surface area contributed by atoms with Crippen LogP contribution in [0.5, 0.6) is 0 Å². The number of carbonyl (C=O) groups excluding carboxylic acids is 1. The van der Waals surface area contributed by atoms with Crippen LogP contribution in [0.2, 0.25) is 4.34 Å². The summed E-state index contributed by atoms with van der Waals surface area (Å²) in [5.74, 6) is 0.648. The summed E-state index contributed by atoms with van der Waals surface area (Å²) >= 11 is 7.41. The molecule has 0 aliphatic heterocycles. The molecule has 0 bridgehead atoms. The second kappa shape index (κ2) is 6.55. The van der Waals surface area contributed by atoms with Crippen LogP contribution in [0.25, 0.3) is 0 Å². The molecule has 1 aromatic heterocycles. The molecule has 0 spiro atoms. The molecule has 19 heavy (non-hydrogen) atoms. The van der Waals surface area contributed by atoms with Crippen LogP contribution in [-0.2, 0) is 11.3 Å². The molecule has 1 heterocycles. The van der Waals surface area contributed by atoms with Gasteiger partial charge in [0.25, 0.3) is 0 Å². The highest BCUT2D eigenvalue weighted by atomic mass is 35.5. The van der Waals surface area contributed by atoms with E-state index in [0.29, 0.717) is 25.4 Å². The van der Waals surface area contributed by atoms with Gasteiger partial charge in [0.2, 0.25) is 5.91 Å². The minimum Gasteiger partial charge on any atom is -0.334 e. The zero-order valence-corrected chi connectivity index (χ0v) is 12.4. The molecule has 3 nitrogen and oxygen atoms in total. The molecule has 5 heteroatoms. The van der Waals surface area contributed by atoms with Crippen molar-refractivity contribution < 1.29 is 4.79 Å². The molecule has 1 amide bonds. The largest absolute Gasteiger partial charge is 0.334 e. The van der Waals surface area contributed by atoms with Gasteiger partial charge < -0.3 is 10.6 Å². The number of carbonyl (C=O) groups is 1. The van der Waals surface area contributed by atoms with Gasteiger partial charge in [-0.05, 0) is 30.9 Å². The Morgan fingerprint density at radius 1 is 1.63 bits per heavy atom. The lowest BCUT2D eigenvalue weighted by Crippen LogP contribution is -2.36. The van der Waals surface area contributed by atoms with Crippen molar-refractivity contribution in [1.82, 2.24) is 4.90 Å². The maximum atomic E-state index is 12.3. The van der Waals surface area contributed by atoms with Crippen LogP contribution in [0.3, 0.4) is 0 Å². The van der Waals surface area contributed by atoms with Crippen LogP contribution < -0.4 is 5.73 Å². The van der Waals surface area contributed by atoms with Gasteiger partial charge in [-0.1, -0.05) is 17.7 Å². The summed E-state index contributed by atoms with van der Waals surface area (Å²) in [4.78, 5) is 15.1. The van der Waals surface area contributed by atoms with E-state index in [4.69, 9.17) is 17.3 Å². The summed E-state index contributed by atoms with van der Waals surface area (Å²) in [6.07, 6.45) is 4.50. The Morgan fingerprint density at radius 3 is 2.89 bits per heavy atom. The number of rotatable bonds is 7. The summed E-state index contributed by atoms with van der Waals surface area (Å²) in [6.45, 7) is 4.84. The first kappa shape index (κ1) is 14.6. The van der Waals surface area contributed by atoms with Gasteiger partial charge in [0.1, 0.15) is 0 Å². The summed E-state index contributed by atoms with van der Waals surface area (Å²) in [7, 11) is 0. The zero-order chi connectivity index (χ0) is 13.8. The second-order valence-electron chi connectivity index (χ2n) is 4.97. The van der Waals surface area contributed by atoms with Crippen LogP contribution in [0.4, 0.5) is 0 Å². The van der Waals surface area contributed by atoms with E-state index in [0.717, 1.165) is 22.1 Å². The molecule has 1 aliphatic rings. The number of amides is 1. The van der Waals surface area contributed by atoms with E-state index in [2.05, 4.69) is 6.58 Å². The van der Waals surface area contributed by atoms with Crippen LogP contribution in [0.15, 0.2) is 24.8 Å². The van der Waals surface area contributed by atoms with Crippen LogP contribution in [0, 0.1) is 5.92 Å². The first-order valence-electron chi connectivity index (χ1n) is 6.48. The maximum Gasteiger partial charge on any atom is 0.224 e. The third-order valence-corrected chi connectivity index (χ3v) is 4.53.